The molecule has 0 fully saturated rings. The molecular formula is C12H12OS. The summed E-state index contributed by atoms with van der Waals surface area (Å²) in [6.45, 7) is 2.77. The molecule has 72 valence electrons. The van der Waals surface area contributed by atoms with E-state index in [4.69, 9.17) is 4.74 Å². The highest BCUT2D eigenvalue weighted by atomic mass is 32.1. The molecule has 1 heterocycles. The van der Waals surface area contributed by atoms with Crippen molar-refractivity contribution in [3.8, 4) is 5.75 Å². The Kier molecular flexibility index (Phi) is 2.84. The summed E-state index contributed by atoms with van der Waals surface area (Å²) < 4.78 is 5.61. The van der Waals surface area contributed by atoms with E-state index < -0.39 is 0 Å². The maximum absolute atomic E-state index is 5.61. The van der Waals surface area contributed by atoms with Crippen molar-refractivity contribution >= 4 is 11.3 Å². The minimum absolute atomic E-state index is 0.661. The number of rotatable bonds is 3. The number of ether oxygens (including phenoxy) is 1. The number of para-hydroxylation sites is 1. The first kappa shape index (κ1) is 9.28. The standard InChI is InChI=1S/C12H12OS/c1-10-7-11(9-14-10)8-13-12-5-3-2-4-6-12/h2-7,9H,8H2,1H3. The van der Waals surface area contributed by atoms with Gasteiger partial charge >= 0.3 is 0 Å². The summed E-state index contributed by atoms with van der Waals surface area (Å²) in [5.74, 6) is 0.927. The lowest BCUT2D eigenvalue weighted by Gasteiger charge is -2.03. The maximum Gasteiger partial charge on any atom is 0.119 e. The van der Waals surface area contributed by atoms with Gasteiger partial charge in [-0.15, -0.1) is 11.3 Å². The van der Waals surface area contributed by atoms with Gasteiger partial charge in [0, 0.05) is 10.4 Å². The Balaban J connectivity index is 1.95. The molecule has 0 atom stereocenters. The zero-order chi connectivity index (χ0) is 9.80. The third-order valence-electron chi connectivity index (χ3n) is 1.93. The highest BCUT2D eigenvalue weighted by Gasteiger charge is 1.97. The van der Waals surface area contributed by atoms with Crippen molar-refractivity contribution in [1.82, 2.24) is 0 Å². The van der Waals surface area contributed by atoms with Gasteiger partial charge in [-0.2, -0.15) is 0 Å². The van der Waals surface area contributed by atoms with Crippen molar-refractivity contribution in [1.29, 1.82) is 0 Å². The molecule has 0 bridgehead atoms. The van der Waals surface area contributed by atoms with Crippen molar-refractivity contribution in [2.75, 3.05) is 0 Å². The number of hydrogen-bond acceptors (Lipinski definition) is 2. The van der Waals surface area contributed by atoms with E-state index in [-0.39, 0.29) is 0 Å². The zero-order valence-corrected chi connectivity index (χ0v) is 8.88. The SMILES string of the molecule is Cc1cc(COc2ccccc2)cs1. The van der Waals surface area contributed by atoms with E-state index >= 15 is 0 Å². The summed E-state index contributed by atoms with van der Waals surface area (Å²) in [5.41, 5.74) is 1.25. The Bertz CT molecular complexity index is 392. The number of aryl methyl sites for hydroxylation is 1. The predicted molar refractivity (Wildman–Crippen MR) is 59.8 cm³/mol. The molecule has 2 aromatic rings. The Morgan fingerprint density at radius 3 is 2.64 bits per heavy atom. The minimum Gasteiger partial charge on any atom is -0.489 e. The normalized spacial score (nSPS) is 10.1. The molecule has 1 aromatic carbocycles. The molecule has 0 N–H and O–H groups in total. The second kappa shape index (κ2) is 4.29. The van der Waals surface area contributed by atoms with Gasteiger partial charge in [-0.25, -0.2) is 0 Å². The molecule has 1 nitrogen and oxygen atoms in total. The monoisotopic (exact) mass is 204 g/mol. The summed E-state index contributed by atoms with van der Waals surface area (Å²) in [5, 5.41) is 2.14. The largest absolute Gasteiger partial charge is 0.489 e. The Morgan fingerprint density at radius 2 is 2.00 bits per heavy atom. The van der Waals surface area contributed by atoms with Crippen LogP contribution in [-0.2, 0) is 6.61 Å². The van der Waals surface area contributed by atoms with Gasteiger partial charge in [0.25, 0.3) is 0 Å². The van der Waals surface area contributed by atoms with Crippen LogP contribution in [0.3, 0.4) is 0 Å². The van der Waals surface area contributed by atoms with Crippen LogP contribution in [0.1, 0.15) is 10.4 Å². The average Bonchev–Trinajstić information content (AvgIpc) is 2.63. The van der Waals surface area contributed by atoms with E-state index in [1.54, 1.807) is 11.3 Å². The van der Waals surface area contributed by atoms with Crippen LogP contribution < -0.4 is 4.74 Å². The quantitative estimate of drug-likeness (QED) is 0.741. The first-order chi connectivity index (χ1) is 6.84. The summed E-state index contributed by atoms with van der Waals surface area (Å²) in [6, 6.07) is 12.1. The van der Waals surface area contributed by atoms with Crippen LogP contribution in [0.2, 0.25) is 0 Å². The lowest BCUT2D eigenvalue weighted by atomic mass is 10.3. The van der Waals surface area contributed by atoms with Crippen LogP contribution in [0, 0.1) is 6.92 Å². The average molecular weight is 204 g/mol. The lowest BCUT2D eigenvalue weighted by molar-refractivity contribution is 0.306. The first-order valence-electron chi connectivity index (χ1n) is 4.56. The van der Waals surface area contributed by atoms with Crippen molar-refractivity contribution in [2.45, 2.75) is 13.5 Å². The molecule has 0 radical (unpaired) electrons. The molecule has 0 aliphatic heterocycles. The summed E-state index contributed by atoms with van der Waals surface area (Å²) in [7, 11) is 0. The number of hydrogen-bond donors (Lipinski definition) is 0. The lowest BCUT2D eigenvalue weighted by Crippen LogP contribution is -1.92. The van der Waals surface area contributed by atoms with Crippen molar-refractivity contribution in [2.24, 2.45) is 0 Å². The topological polar surface area (TPSA) is 9.23 Å². The van der Waals surface area contributed by atoms with E-state index in [0.717, 1.165) is 5.75 Å². The molecule has 1 aromatic heterocycles. The van der Waals surface area contributed by atoms with Gasteiger partial charge in [0.1, 0.15) is 12.4 Å². The molecule has 0 unspecified atom stereocenters. The van der Waals surface area contributed by atoms with E-state index in [1.807, 2.05) is 30.3 Å². The van der Waals surface area contributed by atoms with Crippen molar-refractivity contribution in [3.63, 3.8) is 0 Å². The van der Waals surface area contributed by atoms with Gasteiger partial charge in [0.15, 0.2) is 0 Å². The predicted octanol–water partition coefficient (Wildman–Crippen LogP) is 3.64. The van der Waals surface area contributed by atoms with E-state index in [0.29, 0.717) is 6.61 Å². The molecule has 2 heteroatoms. The Morgan fingerprint density at radius 1 is 1.21 bits per heavy atom. The Hall–Kier alpha value is -1.28. The van der Waals surface area contributed by atoms with Gasteiger partial charge in [0.2, 0.25) is 0 Å². The number of benzene rings is 1. The van der Waals surface area contributed by atoms with Gasteiger partial charge in [-0.1, -0.05) is 18.2 Å². The van der Waals surface area contributed by atoms with E-state index in [1.165, 1.54) is 10.4 Å². The van der Waals surface area contributed by atoms with Crippen LogP contribution in [0.5, 0.6) is 5.75 Å². The molecular weight excluding hydrogens is 192 g/mol. The zero-order valence-electron chi connectivity index (χ0n) is 8.07. The third kappa shape index (κ3) is 2.36. The smallest absolute Gasteiger partial charge is 0.119 e. The summed E-state index contributed by atoms with van der Waals surface area (Å²) in [6.07, 6.45) is 0. The fraction of sp³-hybridized carbons (Fsp3) is 0.167. The molecule has 2 rings (SSSR count). The van der Waals surface area contributed by atoms with Gasteiger partial charge in [-0.05, 0) is 30.5 Å². The molecule has 0 spiro atoms. The van der Waals surface area contributed by atoms with Gasteiger partial charge in [0.05, 0.1) is 0 Å². The summed E-state index contributed by atoms with van der Waals surface area (Å²) >= 11 is 1.76. The molecule has 14 heavy (non-hydrogen) atoms. The fourth-order valence-corrected chi connectivity index (χ4v) is 1.95. The van der Waals surface area contributed by atoms with Crippen LogP contribution in [0.4, 0.5) is 0 Å². The second-order valence-electron chi connectivity index (χ2n) is 3.17. The van der Waals surface area contributed by atoms with Crippen LogP contribution in [0.25, 0.3) is 0 Å². The molecule has 0 aliphatic rings. The highest BCUT2D eigenvalue weighted by molar-refractivity contribution is 7.10. The molecule has 0 amide bonds. The van der Waals surface area contributed by atoms with Gasteiger partial charge in [-0.3, -0.25) is 0 Å². The Labute approximate surface area is 88.0 Å². The molecule has 0 saturated heterocycles. The first-order valence-corrected chi connectivity index (χ1v) is 5.44. The van der Waals surface area contributed by atoms with E-state index in [9.17, 15) is 0 Å². The van der Waals surface area contributed by atoms with E-state index in [2.05, 4.69) is 18.4 Å². The number of thiophene rings is 1. The molecule has 0 aliphatic carbocycles. The van der Waals surface area contributed by atoms with Crippen molar-refractivity contribution < 1.29 is 4.74 Å². The van der Waals surface area contributed by atoms with Gasteiger partial charge < -0.3 is 4.74 Å². The van der Waals surface area contributed by atoms with Crippen LogP contribution in [0.15, 0.2) is 41.8 Å². The maximum atomic E-state index is 5.61. The molecule has 0 saturated carbocycles. The second-order valence-corrected chi connectivity index (χ2v) is 4.28. The van der Waals surface area contributed by atoms with Crippen molar-refractivity contribution in [3.05, 3.63) is 52.2 Å². The summed E-state index contributed by atoms with van der Waals surface area (Å²) in [4.78, 5) is 1.33. The fourth-order valence-electron chi connectivity index (χ4n) is 1.26. The third-order valence-corrected chi connectivity index (χ3v) is 2.84. The minimum atomic E-state index is 0.661. The highest BCUT2D eigenvalue weighted by Crippen LogP contribution is 2.16. The van der Waals surface area contributed by atoms with Crippen LogP contribution in [-0.4, -0.2) is 0 Å². The van der Waals surface area contributed by atoms with Crippen LogP contribution >= 0.6 is 11.3 Å².